The molecule has 0 radical (unpaired) electrons. The summed E-state index contributed by atoms with van der Waals surface area (Å²) in [7, 11) is 1.68. The topological polar surface area (TPSA) is 95.3 Å². The maximum atomic E-state index is 12.6. The highest BCUT2D eigenvalue weighted by molar-refractivity contribution is 5.68. The minimum absolute atomic E-state index is 0.0280. The molecule has 0 aromatic rings. The first kappa shape index (κ1) is 23.5. The molecule has 1 heterocycles. The van der Waals surface area contributed by atoms with Crippen LogP contribution in [0.2, 0.25) is 0 Å². The largest absolute Gasteiger partial charge is 0.443 e. The van der Waals surface area contributed by atoms with Crippen molar-refractivity contribution in [2.24, 2.45) is 11.7 Å². The fourth-order valence-corrected chi connectivity index (χ4v) is 5.19. The highest BCUT2D eigenvalue weighted by Crippen LogP contribution is 2.52. The number of hydrogen-bond acceptors (Lipinski definition) is 6. The molecule has 0 bridgehead atoms. The third kappa shape index (κ3) is 5.55. The predicted molar refractivity (Wildman–Crippen MR) is 115 cm³/mol. The van der Waals surface area contributed by atoms with Crippen LogP contribution in [-0.2, 0) is 18.9 Å². The maximum Gasteiger partial charge on any atom is 0.407 e. The van der Waals surface area contributed by atoms with Crippen molar-refractivity contribution in [1.82, 2.24) is 5.32 Å². The zero-order chi connectivity index (χ0) is 21.9. The van der Waals surface area contributed by atoms with Crippen LogP contribution in [0.3, 0.4) is 0 Å². The van der Waals surface area contributed by atoms with E-state index in [9.17, 15) is 4.79 Å². The van der Waals surface area contributed by atoms with E-state index in [4.69, 9.17) is 24.7 Å². The minimum atomic E-state index is -0.485. The number of carbonyl (C=O) groups excluding carboxylic acids is 1. The van der Waals surface area contributed by atoms with Gasteiger partial charge in [-0.1, -0.05) is 11.6 Å². The molecule has 3 fully saturated rings. The van der Waals surface area contributed by atoms with E-state index in [0.717, 1.165) is 38.5 Å². The number of allylic oxidation sites excluding steroid dienone is 1. The molecule has 1 spiro atoms. The molecule has 172 valence electrons. The summed E-state index contributed by atoms with van der Waals surface area (Å²) in [6, 6.07) is 0.388. The lowest BCUT2D eigenvalue weighted by Gasteiger charge is -2.47. The highest BCUT2D eigenvalue weighted by Gasteiger charge is 2.64. The third-order valence-electron chi connectivity index (χ3n) is 6.95. The van der Waals surface area contributed by atoms with Crippen molar-refractivity contribution in [1.29, 1.82) is 0 Å². The van der Waals surface area contributed by atoms with E-state index in [1.165, 1.54) is 5.57 Å². The van der Waals surface area contributed by atoms with Gasteiger partial charge in [-0.3, -0.25) is 0 Å². The summed E-state index contributed by atoms with van der Waals surface area (Å²) in [5, 5.41) is 3.03. The monoisotopic (exact) mass is 424 g/mol. The Hall–Kier alpha value is -1.15. The Morgan fingerprint density at radius 1 is 1.23 bits per heavy atom. The normalized spacial score (nSPS) is 36.3. The molecule has 1 aliphatic heterocycles. The second-order valence-electron chi connectivity index (χ2n) is 9.97. The number of epoxide rings is 1. The van der Waals surface area contributed by atoms with Crippen LogP contribution < -0.4 is 11.1 Å². The molecule has 3 aliphatic rings. The zero-order valence-corrected chi connectivity index (χ0v) is 19.2. The summed E-state index contributed by atoms with van der Waals surface area (Å²) < 4.78 is 24.0. The van der Waals surface area contributed by atoms with Gasteiger partial charge in [0, 0.05) is 25.1 Å². The first-order valence-corrected chi connectivity index (χ1v) is 11.3. The number of rotatable bonds is 7. The van der Waals surface area contributed by atoms with Crippen molar-refractivity contribution >= 4 is 6.09 Å². The second kappa shape index (κ2) is 9.55. The summed E-state index contributed by atoms with van der Waals surface area (Å²) in [6.07, 6.45) is 6.34. The van der Waals surface area contributed by atoms with Crippen LogP contribution in [0.25, 0.3) is 0 Å². The van der Waals surface area contributed by atoms with E-state index in [-0.39, 0.29) is 41.9 Å². The number of nitrogens with one attached hydrogen (secondary N) is 1. The van der Waals surface area contributed by atoms with Crippen LogP contribution >= 0.6 is 0 Å². The lowest BCUT2D eigenvalue weighted by Crippen LogP contribution is -2.59. The van der Waals surface area contributed by atoms with Gasteiger partial charge in [0.05, 0.1) is 24.4 Å². The van der Waals surface area contributed by atoms with Crippen LogP contribution in [0.4, 0.5) is 4.79 Å². The van der Waals surface area contributed by atoms with Crippen molar-refractivity contribution in [3.8, 4) is 0 Å². The molecule has 3 N–H and O–H groups in total. The Bertz CT molecular complexity index is 619. The van der Waals surface area contributed by atoms with E-state index in [2.05, 4.69) is 39.1 Å². The quantitative estimate of drug-likeness (QED) is 0.481. The van der Waals surface area contributed by atoms with Gasteiger partial charge in [-0.25, -0.2) is 4.79 Å². The number of hydrogen-bond donors (Lipinski definition) is 2. The fourth-order valence-electron chi connectivity index (χ4n) is 5.19. The molecule has 1 amide bonds. The molecule has 30 heavy (non-hydrogen) atoms. The summed E-state index contributed by atoms with van der Waals surface area (Å²) in [5.74, 6) is -0.0280. The van der Waals surface area contributed by atoms with Gasteiger partial charge in [-0.2, -0.15) is 0 Å². The van der Waals surface area contributed by atoms with Gasteiger partial charge in [0.2, 0.25) is 0 Å². The summed E-state index contributed by atoms with van der Waals surface area (Å²) in [6.45, 7) is 9.52. The summed E-state index contributed by atoms with van der Waals surface area (Å²) in [5.41, 5.74) is 6.45. The number of methoxy groups -OCH3 is 1. The summed E-state index contributed by atoms with van der Waals surface area (Å²) >= 11 is 0. The average molecular weight is 425 g/mol. The van der Waals surface area contributed by atoms with Crippen molar-refractivity contribution in [3.63, 3.8) is 0 Å². The van der Waals surface area contributed by atoms with Gasteiger partial charge in [0.25, 0.3) is 0 Å². The van der Waals surface area contributed by atoms with Gasteiger partial charge in [-0.15, -0.1) is 0 Å². The van der Waals surface area contributed by atoms with E-state index in [1.807, 2.05) is 0 Å². The van der Waals surface area contributed by atoms with Crippen molar-refractivity contribution in [3.05, 3.63) is 11.6 Å². The first-order valence-electron chi connectivity index (χ1n) is 11.3. The van der Waals surface area contributed by atoms with Gasteiger partial charge in [0.15, 0.2) is 0 Å². The molecule has 3 rings (SSSR count). The van der Waals surface area contributed by atoms with Crippen LogP contribution in [0, 0.1) is 5.92 Å². The summed E-state index contributed by atoms with van der Waals surface area (Å²) in [4.78, 5) is 12.6. The Labute approximate surface area is 181 Å². The van der Waals surface area contributed by atoms with Gasteiger partial charge < -0.3 is 30.0 Å². The molecule has 7 nitrogen and oxygen atoms in total. The fraction of sp³-hybridized carbons (Fsp3) is 0.870. The van der Waals surface area contributed by atoms with Crippen molar-refractivity contribution < 1.29 is 23.7 Å². The molecule has 0 aromatic carbocycles. The molecule has 3 unspecified atom stereocenters. The molecular formula is C23H40N2O5. The Morgan fingerprint density at radius 2 is 1.90 bits per heavy atom. The SMILES string of the molecule is COC1C(OC(=O)N[C@H]2CC[C@@H](N)CC2)CC[C@]2(CO2)C1C(C)(C)OCC=C(C)C. The van der Waals surface area contributed by atoms with Gasteiger partial charge in [0.1, 0.15) is 12.2 Å². The maximum absolute atomic E-state index is 12.6. The van der Waals surface area contributed by atoms with Crippen LogP contribution in [0.15, 0.2) is 11.6 Å². The van der Waals surface area contributed by atoms with E-state index in [1.54, 1.807) is 7.11 Å². The molecule has 0 aromatic heterocycles. The average Bonchev–Trinajstić information content (AvgIpc) is 3.44. The van der Waals surface area contributed by atoms with Crippen molar-refractivity contribution in [2.75, 3.05) is 20.3 Å². The van der Waals surface area contributed by atoms with Crippen LogP contribution in [-0.4, -0.2) is 61.9 Å². The van der Waals surface area contributed by atoms with E-state index in [0.29, 0.717) is 13.2 Å². The lowest BCUT2D eigenvalue weighted by molar-refractivity contribution is -0.172. The number of amides is 1. The van der Waals surface area contributed by atoms with Crippen molar-refractivity contribution in [2.45, 2.75) is 102 Å². The Balaban J connectivity index is 1.64. The highest BCUT2D eigenvalue weighted by atomic mass is 16.6. The lowest BCUT2D eigenvalue weighted by atomic mass is 9.68. The molecule has 7 heteroatoms. The van der Waals surface area contributed by atoms with Crippen LogP contribution in [0.1, 0.15) is 66.2 Å². The third-order valence-corrected chi connectivity index (χ3v) is 6.95. The Kier molecular flexibility index (Phi) is 7.49. The number of nitrogens with two attached hydrogens (primary N) is 1. The Morgan fingerprint density at radius 3 is 2.47 bits per heavy atom. The molecule has 2 aliphatic carbocycles. The molecule has 2 saturated carbocycles. The number of carbonyl (C=O) groups is 1. The smallest absolute Gasteiger partial charge is 0.407 e. The zero-order valence-electron chi connectivity index (χ0n) is 19.2. The predicted octanol–water partition coefficient (Wildman–Crippen LogP) is 3.31. The minimum Gasteiger partial charge on any atom is -0.443 e. The van der Waals surface area contributed by atoms with Crippen LogP contribution in [0.5, 0.6) is 0 Å². The van der Waals surface area contributed by atoms with E-state index >= 15 is 0 Å². The standard InChI is InChI=1S/C23H40N2O5/c1-15(2)11-13-28-22(3,4)20-19(27-5)18(10-12-23(20)14-29-23)30-21(26)25-17-8-6-16(24)7-9-17/h11,16-20H,6-10,12-14,24H2,1-5H3,(H,25,26)/t16-,17+,18?,19?,20?,23-/m0/s1. The molecule has 4 atom stereocenters. The van der Waals surface area contributed by atoms with Gasteiger partial charge in [-0.05, 0) is 66.2 Å². The number of alkyl carbamates (subject to hydrolysis) is 1. The second-order valence-corrected chi connectivity index (χ2v) is 9.97. The molecular weight excluding hydrogens is 384 g/mol. The molecule has 1 saturated heterocycles. The first-order chi connectivity index (χ1) is 14.2. The van der Waals surface area contributed by atoms with Gasteiger partial charge >= 0.3 is 6.09 Å². The number of ether oxygens (including phenoxy) is 4. The van der Waals surface area contributed by atoms with E-state index < -0.39 is 5.60 Å².